The second-order valence-electron chi connectivity index (χ2n) is 6.19. The van der Waals surface area contributed by atoms with Gasteiger partial charge in [-0.05, 0) is 30.5 Å². The number of nitrogens with zero attached hydrogens (tertiary/aromatic N) is 3. The fourth-order valence-corrected chi connectivity index (χ4v) is 3.63. The minimum absolute atomic E-state index is 0.236. The maximum absolute atomic E-state index is 11.9. The molecular weight excluding hydrogens is 352 g/mol. The number of hydrogen-bond acceptors (Lipinski definition) is 6. The van der Waals surface area contributed by atoms with Crippen molar-refractivity contribution in [2.24, 2.45) is 12.8 Å². The van der Waals surface area contributed by atoms with E-state index in [1.54, 1.807) is 0 Å². The number of primary amides is 1. The van der Waals surface area contributed by atoms with E-state index in [1.807, 2.05) is 37.6 Å². The summed E-state index contributed by atoms with van der Waals surface area (Å²) in [6, 6.07) is 5.52. The van der Waals surface area contributed by atoms with Crippen molar-refractivity contribution in [1.29, 1.82) is 0 Å². The standard InChI is InChI=1S/C18H20N4O3S/c1-10-4-5-13-12(8-16(24)25-17(13)11(10)2)9-26-18-21-20-15(22(18)3)7-6-14(19)23/h4-5,8H,6-7,9H2,1-3H3,(H2,19,23). The van der Waals surface area contributed by atoms with Crippen LogP contribution in [-0.2, 0) is 24.0 Å². The van der Waals surface area contributed by atoms with Gasteiger partial charge in [-0.25, -0.2) is 4.79 Å². The molecule has 0 saturated heterocycles. The SMILES string of the molecule is Cc1ccc2c(CSc3nnc(CCC(N)=O)n3C)cc(=O)oc2c1C. The Morgan fingerprint density at radius 2 is 2.08 bits per heavy atom. The summed E-state index contributed by atoms with van der Waals surface area (Å²) >= 11 is 1.48. The summed E-state index contributed by atoms with van der Waals surface area (Å²) in [6.45, 7) is 3.94. The third kappa shape index (κ3) is 3.65. The van der Waals surface area contributed by atoms with Gasteiger partial charge in [-0.1, -0.05) is 23.9 Å². The fourth-order valence-electron chi connectivity index (χ4n) is 2.71. The Morgan fingerprint density at radius 1 is 1.31 bits per heavy atom. The van der Waals surface area contributed by atoms with Crippen molar-refractivity contribution in [3.8, 4) is 0 Å². The number of carbonyl (C=O) groups excluding carboxylic acids is 1. The molecule has 26 heavy (non-hydrogen) atoms. The van der Waals surface area contributed by atoms with Crippen molar-refractivity contribution in [2.45, 2.75) is 37.6 Å². The quantitative estimate of drug-likeness (QED) is 0.526. The van der Waals surface area contributed by atoms with E-state index < -0.39 is 0 Å². The van der Waals surface area contributed by atoms with Crippen LogP contribution in [0, 0.1) is 13.8 Å². The van der Waals surface area contributed by atoms with Crippen molar-refractivity contribution in [2.75, 3.05) is 0 Å². The fraction of sp³-hybridized carbons (Fsp3) is 0.333. The summed E-state index contributed by atoms with van der Waals surface area (Å²) in [6.07, 6.45) is 0.690. The van der Waals surface area contributed by atoms with Crippen LogP contribution in [0.3, 0.4) is 0 Å². The van der Waals surface area contributed by atoms with Crippen LogP contribution in [0.5, 0.6) is 0 Å². The minimum Gasteiger partial charge on any atom is -0.422 e. The number of nitrogens with two attached hydrogens (primary N) is 1. The number of aryl methyl sites for hydroxylation is 3. The molecule has 3 aromatic rings. The van der Waals surface area contributed by atoms with E-state index in [4.69, 9.17) is 10.2 Å². The van der Waals surface area contributed by atoms with Gasteiger partial charge in [0.1, 0.15) is 11.4 Å². The lowest BCUT2D eigenvalue weighted by atomic mass is 10.0. The summed E-state index contributed by atoms with van der Waals surface area (Å²) in [4.78, 5) is 22.9. The van der Waals surface area contributed by atoms with Gasteiger partial charge in [0.2, 0.25) is 5.91 Å². The number of aromatic nitrogens is 3. The van der Waals surface area contributed by atoms with E-state index in [2.05, 4.69) is 10.2 Å². The third-order valence-electron chi connectivity index (χ3n) is 4.39. The lowest BCUT2D eigenvalue weighted by molar-refractivity contribution is -0.118. The first-order chi connectivity index (χ1) is 12.4. The zero-order chi connectivity index (χ0) is 18.8. The molecule has 8 heteroatoms. The number of rotatable bonds is 6. The molecule has 3 rings (SSSR count). The van der Waals surface area contributed by atoms with Crippen LogP contribution >= 0.6 is 11.8 Å². The molecule has 0 spiro atoms. The molecule has 1 aromatic carbocycles. The zero-order valence-corrected chi connectivity index (χ0v) is 15.7. The number of benzene rings is 1. The Labute approximate surface area is 154 Å². The molecule has 136 valence electrons. The highest BCUT2D eigenvalue weighted by Gasteiger charge is 2.13. The Morgan fingerprint density at radius 3 is 2.81 bits per heavy atom. The molecule has 0 aliphatic carbocycles. The summed E-state index contributed by atoms with van der Waals surface area (Å²) in [7, 11) is 1.85. The van der Waals surface area contributed by atoms with Gasteiger partial charge >= 0.3 is 5.63 Å². The van der Waals surface area contributed by atoms with E-state index in [1.165, 1.54) is 17.8 Å². The van der Waals surface area contributed by atoms with Crippen molar-refractivity contribution in [3.05, 3.63) is 51.1 Å². The predicted molar refractivity (Wildman–Crippen MR) is 100 cm³/mol. The Kier molecular flexibility index (Phi) is 5.13. The smallest absolute Gasteiger partial charge is 0.336 e. The first-order valence-corrected chi connectivity index (χ1v) is 9.17. The van der Waals surface area contributed by atoms with Gasteiger partial charge in [0, 0.05) is 37.1 Å². The van der Waals surface area contributed by atoms with Crippen LogP contribution in [-0.4, -0.2) is 20.7 Å². The van der Waals surface area contributed by atoms with Crippen LogP contribution in [0.2, 0.25) is 0 Å². The van der Waals surface area contributed by atoms with Gasteiger partial charge in [-0.2, -0.15) is 0 Å². The largest absolute Gasteiger partial charge is 0.422 e. The molecule has 0 unspecified atom stereocenters. The molecule has 0 bridgehead atoms. The second-order valence-corrected chi connectivity index (χ2v) is 7.13. The molecule has 2 aromatic heterocycles. The van der Waals surface area contributed by atoms with E-state index in [0.717, 1.165) is 27.2 Å². The lowest BCUT2D eigenvalue weighted by Crippen LogP contribution is -2.12. The molecule has 0 aliphatic rings. The summed E-state index contributed by atoms with van der Waals surface area (Å²) in [5, 5.41) is 9.92. The van der Waals surface area contributed by atoms with E-state index >= 15 is 0 Å². The minimum atomic E-state index is -0.365. The Balaban J connectivity index is 1.86. The molecule has 0 radical (unpaired) electrons. The van der Waals surface area contributed by atoms with Gasteiger partial charge in [-0.15, -0.1) is 10.2 Å². The molecule has 2 N–H and O–H groups in total. The van der Waals surface area contributed by atoms with Crippen LogP contribution in [0.1, 0.15) is 28.9 Å². The molecule has 0 atom stereocenters. The monoisotopic (exact) mass is 372 g/mol. The first-order valence-electron chi connectivity index (χ1n) is 8.19. The van der Waals surface area contributed by atoms with Crippen LogP contribution < -0.4 is 11.4 Å². The van der Waals surface area contributed by atoms with Crippen LogP contribution in [0.4, 0.5) is 0 Å². The molecule has 0 fully saturated rings. The van der Waals surface area contributed by atoms with Gasteiger partial charge < -0.3 is 14.7 Å². The van der Waals surface area contributed by atoms with E-state index in [9.17, 15) is 9.59 Å². The molecule has 7 nitrogen and oxygen atoms in total. The van der Waals surface area contributed by atoms with Gasteiger partial charge in [-0.3, -0.25) is 4.79 Å². The highest BCUT2D eigenvalue weighted by atomic mass is 32.2. The van der Waals surface area contributed by atoms with E-state index in [-0.39, 0.29) is 18.0 Å². The summed E-state index contributed by atoms with van der Waals surface area (Å²) in [5.41, 5.74) is 8.40. The number of carbonyl (C=O) groups is 1. The Hall–Kier alpha value is -2.61. The van der Waals surface area contributed by atoms with Crippen LogP contribution in [0.25, 0.3) is 11.0 Å². The Bertz CT molecular complexity index is 1040. The average Bonchev–Trinajstić information content (AvgIpc) is 2.94. The summed E-state index contributed by atoms with van der Waals surface area (Å²) in [5.74, 6) is 0.900. The molecular formula is C18H20N4O3S. The predicted octanol–water partition coefficient (Wildman–Crippen LogP) is 2.25. The van der Waals surface area contributed by atoms with Gasteiger partial charge in [0.25, 0.3) is 0 Å². The number of thioether (sulfide) groups is 1. The maximum Gasteiger partial charge on any atom is 0.336 e. The molecule has 1 amide bonds. The maximum atomic E-state index is 11.9. The van der Waals surface area contributed by atoms with Crippen molar-refractivity contribution in [3.63, 3.8) is 0 Å². The number of hydrogen-bond donors (Lipinski definition) is 1. The second kappa shape index (κ2) is 7.33. The highest BCUT2D eigenvalue weighted by molar-refractivity contribution is 7.98. The van der Waals surface area contributed by atoms with Crippen LogP contribution in [0.15, 0.2) is 32.6 Å². The van der Waals surface area contributed by atoms with Crippen molar-refractivity contribution < 1.29 is 9.21 Å². The van der Waals surface area contributed by atoms with E-state index in [0.29, 0.717) is 23.6 Å². The number of amides is 1. The third-order valence-corrected chi connectivity index (χ3v) is 5.46. The first kappa shape index (κ1) is 18.2. The molecule has 2 heterocycles. The number of fused-ring (bicyclic) bond motifs is 1. The molecule has 0 saturated carbocycles. The average molecular weight is 372 g/mol. The molecule has 0 aliphatic heterocycles. The van der Waals surface area contributed by atoms with Crippen molar-refractivity contribution in [1.82, 2.24) is 14.8 Å². The topological polar surface area (TPSA) is 104 Å². The zero-order valence-electron chi connectivity index (χ0n) is 14.9. The normalized spacial score (nSPS) is 11.2. The van der Waals surface area contributed by atoms with Gasteiger partial charge in [0.15, 0.2) is 5.16 Å². The lowest BCUT2D eigenvalue weighted by Gasteiger charge is -2.09. The summed E-state index contributed by atoms with van der Waals surface area (Å²) < 4.78 is 7.25. The van der Waals surface area contributed by atoms with Crippen molar-refractivity contribution >= 4 is 28.6 Å². The van der Waals surface area contributed by atoms with Gasteiger partial charge in [0.05, 0.1) is 0 Å². The highest BCUT2D eigenvalue weighted by Crippen LogP contribution is 2.28.